The lowest BCUT2D eigenvalue weighted by atomic mass is 10.2. The molecular weight excluding hydrogens is 372 g/mol. The molecule has 0 bridgehead atoms. The lowest BCUT2D eigenvalue weighted by Crippen LogP contribution is -2.38. The molecule has 3 rings (SSSR count). The normalized spacial score (nSPS) is 10.8. The predicted octanol–water partition coefficient (Wildman–Crippen LogP) is 2.77. The summed E-state index contributed by atoms with van der Waals surface area (Å²) in [6.07, 6.45) is 0. The molecule has 25 heavy (non-hydrogen) atoms. The van der Waals surface area contributed by atoms with Gasteiger partial charge in [-0.3, -0.25) is 19.0 Å². The third kappa shape index (κ3) is 3.57. The van der Waals surface area contributed by atoms with Gasteiger partial charge in [0.2, 0.25) is 5.91 Å². The van der Waals surface area contributed by atoms with Crippen molar-refractivity contribution in [1.29, 1.82) is 0 Å². The highest BCUT2D eigenvalue weighted by atomic mass is 35.5. The summed E-state index contributed by atoms with van der Waals surface area (Å²) >= 11 is 11.8. The van der Waals surface area contributed by atoms with E-state index in [1.54, 1.807) is 6.07 Å². The van der Waals surface area contributed by atoms with E-state index in [1.807, 2.05) is 0 Å². The first-order valence-corrected chi connectivity index (χ1v) is 7.78. The number of aromatic amines is 1. The van der Waals surface area contributed by atoms with Crippen molar-refractivity contribution in [2.75, 3.05) is 5.32 Å². The number of amides is 1. The predicted molar refractivity (Wildman–Crippen MR) is 93.9 cm³/mol. The molecule has 1 heterocycles. The second-order valence-electron chi connectivity index (χ2n) is 5.18. The van der Waals surface area contributed by atoms with Crippen LogP contribution in [0.5, 0.6) is 0 Å². The first-order valence-electron chi connectivity index (χ1n) is 7.02. The number of nitrogens with zero attached hydrogens (tertiary/aromatic N) is 1. The van der Waals surface area contributed by atoms with Gasteiger partial charge in [0.25, 0.3) is 0 Å². The van der Waals surface area contributed by atoms with Gasteiger partial charge in [0.05, 0.1) is 21.7 Å². The minimum absolute atomic E-state index is 0.113. The molecule has 2 aromatic carbocycles. The summed E-state index contributed by atoms with van der Waals surface area (Å²) in [4.78, 5) is 38.3. The van der Waals surface area contributed by atoms with E-state index >= 15 is 0 Å². The maximum absolute atomic E-state index is 13.3. The molecule has 6 nitrogen and oxygen atoms in total. The van der Waals surface area contributed by atoms with Crippen LogP contribution in [0.3, 0.4) is 0 Å². The summed E-state index contributed by atoms with van der Waals surface area (Å²) in [5, 5.41) is 3.17. The van der Waals surface area contributed by atoms with Crippen LogP contribution in [-0.2, 0) is 11.3 Å². The van der Waals surface area contributed by atoms with Crippen LogP contribution in [-0.4, -0.2) is 15.5 Å². The molecule has 1 aromatic heterocycles. The second kappa shape index (κ2) is 6.70. The largest absolute Gasteiger partial charge is 0.323 e. The number of halogens is 3. The van der Waals surface area contributed by atoms with E-state index in [0.717, 1.165) is 16.7 Å². The number of fused-ring (bicyclic) bond motifs is 1. The number of anilines is 1. The van der Waals surface area contributed by atoms with Crippen molar-refractivity contribution in [3.8, 4) is 0 Å². The van der Waals surface area contributed by atoms with Gasteiger partial charge < -0.3 is 10.3 Å². The maximum Gasteiger partial charge on any atom is 0.317 e. The highest BCUT2D eigenvalue weighted by Gasteiger charge is 2.13. The molecule has 0 aliphatic carbocycles. The fourth-order valence-electron chi connectivity index (χ4n) is 2.33. The zero-order valence-electron chi connectivity index (χ0n) is 12.5. The van der Waals surface area contributed by atoms with Gasteiger partial charge in [-0.1, -0.05) is 23.2 Å². The molecule has 0 radical (unpaired) electrons. The van der Waals surface area contributed by atoms with Crippen molar-refractivity contribution in [2.24, 2.45) is 0 Å². The molecule has 2 N–H and O–H groups in total. The Bertz CT molecular complexity index is 1110. The Morgan fingerprint density at radius 2 is 1.92 bits per heavy atom. The number of benzene rings is 2. The van der Waals surface area contributed by atoms with Crippen LogP contribution >= 0.6 is 23.2 Å². The van der Waals surface area contributed by atoms with E-state index in [9.17, 15) is 18.8 Å². The fourth-order valence-corrected chi connectivity index (χ4v) is 2.79. The molecular formula is C16H10Cl2FN3O3. The smallest absolute Gasteiger partial charge is 0.317 e. The average molecular weight is 382 g/mol. The Morgan fingerprint density at radius 1 is 1.16 bits per heavy atom. The van der Waals surface area contributed by atoms with E-state index in [-0.39, 0.29) is 16.1 Å². The van der Waals surface area contributed by atoms with E-state index in [4.69, 9.17) is 23.2 Å². The summed E-state index contributed by atoms with van der Waals surface area (Å²) in [5.41, 5.74) is -1.22. The van der Waals surface area contributed by atoms with Crippen molar-refractivity contribution in [3.63, 3.8) is 0 Å². The Hall–Kier alpha value is -2.64. The monoisotopic (exact) mass is 381 g/mol. The first kappa shape index (κ1) is 17.2. The maximum atomic E-state index is 13.3. The molecule has 9 heteroatoms. The lowest BCUT2D eigenvalue weighted by molar-refractivity contribution is -0.116. The molecule has 3 aromatic rings. The van der Waals surface area contributed by atoms with Crippen LogP contribution in [0.1, 0.15) is 0 Å². The van der Waals surface area contributed by atoms with Crippen molar-refractivity contribution in [3.05, 3.63) is 73.0 Å². The number of carbonyl (C=O) groups excluding carboxylic acids is 1. The third-order valence-electron chi connectivity index (χ3n) is 3.44. The number of nitrogens with one attached hydrogen (secondary N) is 2. The minimum Gasteiger partial charge on any atom is -0.323 e. The number of aromatic nitrogens is 2. The Morgan fingerprint density at radius 3 is 2.64 bits per heavy atom. The van der Waals surface area contributed by atoms with Crippen molar-refractivity contribution >= 4 is 45.8 Å². The van der Waals surface area contributed by atoms with E-state index in [1.165, 1.54) is 18.2 Å². The first-order chi connectivity index (χ1) is 11.8. The molecule has 0 aliphatic rings. The number of rotatable bonds is 3. The fraction of sp³-hybridized carbons (Fsp3) is 0.0625. The average Bonchev–Trinajstić information content (AvgIpc) is 2.54. The van der Waals surface area contributed by atoms with E-state index < -0.39 is 29.4 Å². The van der Waals surface area contributed by atoms with Crippen molar-refractivity contribution in [1.82, 2.24) is 9.55 Å². The highest BCUT2D eigenvalue weighted by Crippen LogP contribution is 2.25. The number of H-pyrrole nitrogens is 1. The lowest BCUT2D eigenvalue weighted by Gasteiger charge is -2.11. The van der Waals surface area contributed by atoms with Gasteiger partial charge in [-0.15, -0.1) is 0 Å². The summed E-state index contributed by atoms with van der Waals surface area (Å²) in [7, 11) is 0. The quantitative estimate of drug-likeness (QED) is 0.684. The zero-order valence-corrected chi connectivity index (χ0v) is 14.0. The van der Waals surface area contributed by atoms with Crippen molar-refractivity contribution < 1.29 is 9.18 Å². The molecule has 0 spiro atoms. The Kier molecular flexibility index (Phi) is 4.61. The van der Waals surface area contributed by atoms with Crippen LogP contribution in [0.15, 0.2) is 46.0 Å². The SMILES string of the molecule is O=C(Cn1c(=O)c(=O)[nH]c2cc(F)ccc21)Nc1ccc(Cl)cc1Cl. The molecule has 0 atom stereocenters. The van der Waals surface area contributed by atoms with Gasteiger partial charge in [-0.2, -0.15) is 0 Å². The number of hydrogen-bond acceptors (Lipinski definition) is 3. The zero-order chi connectivity index (χ0) is 18.1. The van der Waals surface area contributed by atoms with Crippen LogP contribution in [0, 0.1) is 5.82 Å². The third-order valence-corrected chi connectivity index (χ3v) is 3.99. The summed E-state index contributed by atoms with van der Waals surface area (Å²) in [5.74, 6) is -1.16. The van der Waals surface area contributed by atoms with E-state index in [0.29, 0.717) is 10.7 Å². The van der Waals surface area contributed by atoms with E-state index in [2.05, 4.69) is 10.3 Å². The van der Waals surface area contributed by atoms with Gasteiger partial charge >= 0.3 is 11.1 Å². The second-order valence-corrected chi connectivity index (χ2v) is 6.02. The summed E-state index contributed by atoms with van der Waals surface area (Å²) in [6.45, 7) is -0.441. The molecule has 0 fully saturated rings. The number of hydrogen-bond donors (Lipinski definition) is 2. The van der Waals surface area contributed by atoms with Gasteiger partial charge in [0.15, 0.2) is 0 Å². The van der Waals surface area contributed by atoms with Crippen LogP contribution in [0.2, 0.25) is 10.0 Å². The Balaban J connectivity index is 1.97. The molecule has 128 valence electrons. The van der Waals surface area contributed by atoms with Gasteiger partial charge in [0.1, 0.15) is 12.4 Å². The van der Waals surface area contributed by atoms with Gasteiger partial charge in [-0.05, 0) is 36.4 Å². The Labute approximate surface area is 149 Å². The standard InChI is InChI=1S/C16H10Cl2FN3O3/c17-8-1-3-11(10(18)5-8)20-14(23)7-22-13-4-2-9(19)6-12(13)21-15(24)16(22)25/h1-6H,7H2,(H,20,23)(H,21,24). The molecule has 0 unspecified atom stereocenters. The van der Waals surface area contributed by atoms with Gasteiger partial charge in [0, 0.05) is 5.02 Å². The highest BCUT2D eigenvalue weighted by molar-refractivity contribution is 6.36. The molecule has 1 amide bonds. The molecule has 0 aliphatic heterocycles. The van der Waals surface area contributed by atoms with Gasteiger partial charge in [-0.25, -0.2) is 4.39 Å². The summed E-state index contributed by atoms with van der Waals surface area (Å²) in [6, 6.07) is 8.02. The molecule has 0 saturated carbocycles. The van der Waals surface area contributed by atoms with Crippen molar-refractivity contribution in [2.45, 2.75) is 6.54 Å². The molecule has 0 saturated heterocycles. The van der Waals surface area contributed by atoms with Crippen LogP contribution in [0.25, 0.3) is 11.0 Å². The van der Waals surface area contributed by atoms with Crippen LogP contribution < -0.4 is 16.4 Å². The number of carbonyl (C=O) groups is 1. The minimum atomic E-state index is -0.949. The van der Waals surface area contributed by atoms with Crippen LogP contribution in [0.4, 0.5) is 10.1 Å². The topological polar surface area (TPSA) is 84.0 Å². The summed E-state index contributed by atoms with van der Waals surface area (Å²) < 4.78 is 14.3.